The molecule has 2 aliphatic rings. The fourth-order valence-electron chi connectivity index (χ4n) is 4.39. The first-order valence-electron chi connectivity index (χ1n) is 10.2. The number of hydrogen-bond acceptors (Lipinski definition) is 4. The minimum absolute atomic E-state index is 0.218. The summed E-state index contributed by atoms with van der Waals surface area (Å²) in [5.74, 6) is 1.52. The first-order chi connectivity index (χ1) is 14.0. The summed E-state index contributed by atoms with van der Waals surface area (Å²) in [4.78, 5) is 9.75. The zero-order valence-corrected chi connectivity index (χ0v) is 18.5. The Morgan fingerprint density at radius 3 is 2.69 bits per heavy atom. The van der Waals surface area contributed by atoms with Crippen molar-refractivity contribution < 1.29 is 0 Å². The molecule has 1 aromatic heterocycles. The van der Waals surface area contributed by atoms with Crippen LogP contribution >= 0.6 is 23.4 Å². The van der Waals surface area contributed by atoms with Crippen LogP contribution in [0.15, 0.2) is 48.7 Å². The molecule has 2 aromatic carbocycles. The van der Waals surface area contributed by atoms with Crippen molar-refractivity contribution in [3.8, 4) is 0 Å². The highest BCUT2D eigenvalue weighted by atomic mass is 35.5. The molecule has 4 nitrogen and oxygen atoms in total. The lowest BCUT2D eigenvalue weighted by Crippen LogP contribution is -2.41. The monoisotopic (exact) mass is 424 g/mol. The minimum Gasteiger partial charge on any atom is -0.341 e. The van der Waals surface area contributed by atoms with Crippen LogP contribution in [-0.2, 0) is 0 Å². The number of nitrogens with one attached hydrogen (secondary N) is 1. The molecule has 3 aromatic rings. The highest BCUT2D eigenvalue weighted by Crippen LogP contribution is 2.45. The summed E-state index contributed by atoms with van der Waals surface area (Å²) in [6, 6.07) is 14.9. The van der Waals surface area contributed by atoms with Crippen molar-refractivity contribution in [3.05, 3.63) is 70.6 Å². The summed E-state index contributed by atoms with van der Waals surface area (Å²) in [6.07, 6.45) is 3.46. The van der Waals surface area contributed by atoms with Crippen LogP contribution in [0, 0.1) is 12.8 Å². The van der Waals surface area contributed by atoms with E-state index in [0.717, 1.165) is 29.8 Å². The van der Waals surface area contributed by atoms with Crippen LogP contribution in [0.2, 0.25) is 5.02 Å². The molecule has 1 fully saturated rings. The van der Waals surface area contributed by atoms with E-state index in [-0.39, 0.29) is 6.04 Å². The lowest BCUT2D eigenvalue weighted by molar-refractivity contribution is -0.00509. The molecule has 2 aliphatic heterocycles. The zero-order valence-electron chi connectivity index (χ0n) is 16.9. The number of hydrazine groups is 1. The van der Waals surface area contributed by atoms with Crippen LogP contribution in [-0.4, -0.2) is 31.9 Å². The van der Waals surface area contributed by atoms with Crippen molar-refractivity contribution >= 4 is 39.3 Å². The highest BCUT2D eigenvalue weighted by Gasteiger charge is 2.40. The number of aromatic amines is 1. The van der Waals surface area contributed by atoms with E-state index < -0.39 is 0 Å². The van der Waals surface area contributed by atoms with Gasteiger partial charge < -0.3 is 4.98 Å². The third-order valence-electron chi connectivity index (χ3n) is 5.99. The molecule has 0 amide bonds. The van der Waals surface area contributed by atoms with Gasteiger partial charge in [-0.1, -0.05) is 66.2 Å². The Bertz CT molecular complexity index is 1070. The fraction of sp³-hybridized carbons (Fsp3) is 0.348. The maximum atomic E-state index is 6.38. The number of fused-ring (bicyclic) bond motifs is 1. The Balaban J connectivity index is 1.49. The van der Waals surface area contributed by atoms with Gasteiger partial charge in [0.05, 0.1) is 22.0 Å². The average molecular weight is 425 g/mol. The van der Waals surface area contributed by atoms with Gasteiger partial charge in [-0.05, 0) is 43.9 Å². The molecular formula is C23H25ClN4S. The lowest BCUT2D eigenvalue weighted by Gasteiger charge is -2.36. The number of rotatable bonds is 3. The number of nitrogens with zero attached hydrogens (tertiary/aromatic N) is 3. The number of thioether (sulfide) groups is 1. The standard InChI is InChI=1S/C23H25ClN4S/c1-14-7-9-17(10-8-14)20-13-28(16(3)29-20)27-12-11-15(2)22(27)23-25-19-6-4-5-18(24)21(19)26-23/h4-10,13,15-16,22H,11-12H2,1-3H3,(H,25,26)/t15-,16?,22-/m0/s1. The van der Waals surface area contributed by atoms with Gasteiger partial charge >= 0.3 is 0 Å². The highest BCUT2D eigenvalue weighted by molar-refractivity contribution is 8.09. The smallest absolute Gasteiger partial charge is 0.126 e. The van der Waals surface area contributed by atoms with Crippen LogP contribution in [0.5, 0.6) is 0 Å². The Morgan fingerprint density at radius 1 is 1.14 bits per heavy atom. The van der Waals surface area contributed by atoms with Gasteiger partial charge in [-0.15, -0.1) is 0 Å². The largest absolute Gasteiger partial charge is 0.341 e. The van der Waals surface area contributed by atoms with E-state index >= 15 is 0 Å². The topological polar surface area (TPSA) is 35.2 Å². The quantitative estimate of drug-likeness (QED) is 0.541. The predicted octanol–water partition coefficient (Wildman–Crippen LogP) is 6.22. The fourth-order valence-corrected chi connectivity index (χ4v) is 5.70. The van der Waals surface area contributed by atoms with Crippen molar-refractivity contribution in [1.29, 1.82) is 0 Å². The van der Waals surface area contributed by atoms with E-state index in [2.05, 4.69) is 66.2 Å². The molecule has 0 spiro atoms. The molecule has 0 bridgehead atoms. The van der Waals surface area contributed by atoms with Gasteiger partial charge in [0, 0.05) is 17.6 Å². The third-order valence-corrected chi connectivity index (χ3v) is 7.45. The van der Waals surface area contributed by atoms with E-state index in [9.17, 15) is 0 Å². The van der Waals surface area contributed by atoms with Crippen LogP contribution in [0.1, 0.15) is 43.3 Å². The maximum Gasteiger partial charge on any atom is 0.126 e. The normalized spacial score (nSPS) is 25.2. The summed E-state index contributed by atoms with van der Waals surface area (Å²) < 4.78 is 0. The third kappa shape index (κ3) is 3.35. The molecule has 1 N–H and O–H groups in total. The van der Waals surface area contributed by atoms with Crippen LogP contribution < -0.4 is 0 Å². The number of aromatic nitrogens is 2. The molecule has 29 heavy (non-hydrogen) atoms. The first kappa shape index (κ1) is 19.0. The second kappa shape index (κ2) is 7.38. The van der Waals surface area contributed by atoms with Gasteiger partial charge in [-0.3, -0.25) is 5.01 Å². The number of hydrogen-bond donors (Lipinski definition) is 1. The van der Waals surface area contributed by atoms with Gasteiger partial charge in [0.15, 0.2) is 0 Å². The summed E-state index contributed by atoms with van der Waals surface area (Å²) in [7, 11) is 0. The zero-order chi connectivity index (χ0) is 20.1. The SMILES string of the molecule is Cc1ccc(C2=CN(N3CC[C@H](C)[C@H]3c3nc4c(Cl)cccc4[nH]3)C(C)S2)cc1. The Labute approximate surface area is 180 Å². The number of halogens is 1. The molecule has 6 heteroatoms. The van der Waals surface area contributed by atoms with Gasteiger partial charge in [0.2, 0.25) is 0 Å². The van der Waals surface area contributed by atoms with Crippen molar-refractivity contribution in [3.63, 3.8) is 0 Å². The summed E-state index contributed by atoms with van der Waals surface area (Å²) >= 11 is 8.30. The summed E-state index contributed by atoms with van der Waals surface area (Å²) in [6.45, 7) is 7.75. The van der Waals surface area contributed by atoms with E-state index in [1.54, 1.807) is 0 Å². The predicted molar refractivity (Wildman–Crippen MR) is 122 cm³/mol. The number of para-hydroxylation sites is 1. The average Bonchev–Trinajstić information content (AvgIpc) is 3.39. The Kier molecular flexibility index (Phi) is 4.85. The molecular weight excluding hydrogens is 400 g/mol. The Hall–Kier alpha value is -1.95. The number of aryl methyl sites for hydroxylation is 1. The molecule has 150 valence electrons. The maximum absolute atomic E-state index is 6.38. The molecule has 0 aliphatic carbocycles. The van der Waals surface area contributed by atoms with Gasteiger partial charge in [-0.25, -0.2) is 9.99 Å². The van der Waals surface area contributed by atoms with Gasteiger partial charge in [0.25, 0.3) is 0 Å². The second-order valence-corrected chi connectivity index (χ2v) is 9.85. The van der Waals surface area contributed by atoms with Crippen LogP contribution in [0.3, 0.4) is 0 Å². The lowest BCUT2D eigenvalue weighted by atomic mass is 10.0. The minimum atomic E-state index is 0.218. The van der Waals surface area contributed by atoms with E-state index in [1.165, 1.54) is 16.0 Å². The van der Waals surface area contributed by atoms with Gasteiger partial charge in [0.1, 0.15) is 11.3 Å². The number of imidazole rings is 1. The van der Waals surface area contributed by atoms with Crippen molar-refractivity contribution in [2.24, 2.45) is 5.92 Å². The van der Waals surface area contributed by atoms with E-state index in [1.807, 2.05) is 30.0 Å². The summed E-state index contributed by atoms with van der Waals surface area (Å²) in [5, 5.41) is 5.94. The number of benzene rings is 2. The van der Waals surface area contributed by atoms with Crippen molar-refractivity contribution in [1.82, 2.24) is 20.0 Å². The molecule has 1 saturated heterocycles. The molecule has 0 radical (unpaired) electrons. The molecule has 3 heterocycles. The number of H-pyrrole nitrogens is 1. The van der Waals surface area contributed by atoms with Gasteiger partial charge in [-0.2, -0.15) is 0 Å². The molecule has 5 rings (SSSR count). The first-order valence-corrected chi connectivity index (χ1v) is 11.4. The van der Waals surface area contributed by atoms with E-state index in [0.29, 0.717) is 16.3 Å². The Morgan fingerprint density at radius 2 is 1.93 bits per heavy atom. The summed E-state index contributed by atoms with van der Waals surface area (Å²) in [5.41, 5.74) is 4.45. The van der Waals surface area contributed by atoms with Crippen LogP contribution in [0.25, 0.3) is 15.9 Å². The molecule has 3 atom stereocenters. The molecule has 0 saturated carbocycles. The van der Waals surface area contributed by atoms with Crippen LogP contribution in [0.4, 0.5) is 0 Å². The second-order valence-electron chi connectivity index (χ2n) is 8.09. The molecule has 1 unspecified atom stereocenters. The van der Waals surface area contributed by atoms with Crippen molar-refractivity contribution in [2.45, 2.75) is 38.6 Å². The van der Waals surface area contributed by atoms with Crippen molar-refractivity contribution in [2.75, 3.05) is 6.54 Å². The van der Waals surface area contributed by atoms with E-state index in [4.69, 9.17) is 16.6 Å².